The predicted molar refractivity (Wildman–Crippen MR) is 84.7 cm³/mol. The van der Waals surface area contributed by atoms with Crippen molar-refractivity contribution in [1.29, 1.82) is 0 Å². The number of carbonyl (C=O) groups excluding carboxylic acids is 1. The van der Waals surface area contributed by atoms with E-state index in [0.29, 0.717) is 18.1 Å². The molecule has 1 aromatic rings. The zero-order valence-corrected chi connectivity index (χ0v) is 14.1. The molecule has 2 rings (SSSR count). The van der Waals surface area contributed by atoms with Crippen LogP contribution in [0, 0.1) is 6.92 Å². The summed E-state index contributed by atoms with van der Waals surface area (Å²) >= 11 is 0. The van der Waals surface area contributed by atoms with Crippen LogP contribution in [0.5, 0.6) is 0 Å². The smallest absolute Gasteiger partial charge is 0.270 e. The van der Waals surface area contributed by atoms with Crippen molar-refractivity contribution in [2.45, 2.75) is 45.7 Å². The van der Waals surface area contributed by atoms with Gasteiger partial charge in [0.2, 0.25) is 5.95 Å². The molecule has 22 heavy (non-hydrogen) atoms. The van der Waals surface area contributed by atoms with Crippen LogP contribution >= 0.6 is 0 Å². The molecule has 2 heterocycles. The number of aromatic nitrogens is 2. The average molecular weight is 326 g/mol. The van der Waals surface area contributed by atoms with E-state index in [0.717, 1.165) is 0 Å². The first kappa shape index (κ1) is 16.7. The Hall–Kier alpha value is -1.70. The molecule has 2 N–H and O–H groups in total. The molecule has 1 aliphatic heterocycles. The molecule has 1 unspecified atom stereocenters. The Labute approximate surface area is 130 Å². The lowest BCUT2D eigenvalue weighted by Gasteiger charge is -2.20. The van der Waals surface area contributed by atoms with Gasteiger partial charge in [-0.25, -0.2) is 18.4 Å². The van der Waals surface area contributed by atoms with Crippen LogP contribution < -0.4 is 10.6 Å². The van der Waals surface area contributed by atoms with Gasteiger partial charge in [0.05, 0.1) is 11.5 Å². The van der Waals surface area contributed by atoms with Crippen LogP contribution in [0.1, 0.15) is 43.4 Å². The van der Waals surface area contributed by atoms with E-state index in [-0.39, 0.29) is 34.7 Å². The number of hydrogen-bond acceptors (Lipinski definition) is 6. The van der Waals surface area contributed by atoms with Gasteiger partial charge in [-0.3, -0.25) is 4.79 Å². The molecule has 0 aliphatic carbocycles. The molecule has 1 amide bonds. The van der Waals surface area contributed by atoms with Crippen LogP contribution in [0.15, 0.2) is 6.07 Å². The molecule has 0 bridgehead atoms. The number of hydrogen-bond donors (Lipinski definition) is 2. The standard InChI is InChI=1S/C14H22N4O3S/c1-9-7-11(12(19)18-14(2,3)4)17-13(15-9)16-10-5-6-22(20,21)8-10/h7,10H,5-6,8H2,1-4H3,(H,18,19)(H,15,16,17). The van der Waals surface area contributed by atoms with E-state index >= 15 is 0 Å². The fourth-order valence-electron chi connectivity index (χ4n) is 2.25. The number of amides is 1. The van der Waals surface area contributed by atoms with Gasteiger partial charge in [0.25, 0.3) is 5.91 Å². The second-order valence-electron chi connectivity index (χ2n) is 6.67. The zero-order chi connectivity index (χ0) is 16.5. The lowest BCUT2D eigenvalue weighted by Crippen LogP contribution is -2.41. The Morgan fingerprint density at radius 1 is 1.32 bits per heavy atom. The minimum Gasteiger partial charge on any atom is -0.350 e. The lowest BCUT2D eigenvalue weighted by atomic mass is 10.1. The molecule has 8 heteroatoms. The summed E-state index contributed by atoms with van der Waals surface area (Å²) in [5, 5.41) is 5.86. The van der Waals surface area contributed by atoms with Crippen molar-refractivity contribution < 1.29 is 13.2 Å². The molecule has 0 spiro atoms. The topological polar surface area (TPSA) is 101 Å². The van der Waals surface area contributed by atoms with Gasteiger partial charge in [-0.1, -0.05) is 0 Å². The fraction of sp³-hybridized carbons (Fsp3) is 0.643. The Morgan fingerprint density at radius 3 is 2.55 bits per heavy atom. The molecule has 1 aliphatic rings. The second kappa shape index (κ2) is 5.83. The van der Waals surface area contributed by atoms with E-state index in [1.807, 2.05) is 20.8 Å². The van der Waals surface area contributed by atoms with Crippen LogP contribution in [-0.2, 0) is 9.84 Å². The van der Waals surface area contributed by atoms with Gasteiger partial charge in [0.15, 0.2) is 9.84 Å². The van der Waals surface area contributed by atoms with E-state index in [4.69, 9.17) is 0 Å². The fourth-order valence-corrected chi connectivity index (χ4v) is 3.92. The highest BCUT2D eigenvalue weighted by atomic mass is 32.2. The quantitative estimate of drug-likeness (QED) is 0.856. The lowest BCUT2D eigenvalue weighted by molar-refractivity contribution is 0.0914. The summed E-state index contributed by atoms with van der Waals surface area (Å²) in [5.74, 6) is 0.267. The summed E-state index contributed by atoms with van der Waals surface area (Å²) in [6.07, 6.45) is 0.531. The van der Waals surface area contributed by atoms with Gasteiger partial charge in [-0.2, -0.15) is 0 Å². The maximum atomic E-state index is 12.2. The van der Waals surface area contributed by atoms with Crippen LogP contribution in [0.3, 0.4) is 0 Å². The number of carbonyl (C=O) groups is 1. The van der Waals surface area contributed by atoms with E-state index in [9.17, 15) is 13.2 Å². The molecule has 1 saturated heterocycles. The maximum absolute atomic E-state index is 12.2. The molecule has 122 valence electrons. The van der Waals surface area contributed by atoms with Crippen molar-refractivity contribution in [2.75, 3.05) is 16.8 Å². The number of nitrogens with zero attached hydrogens (tertiary/aromatic N) is 2. The van der Waals surface area contributed by atoms with Gasteiger partial charge in [0, 0.05) is 17.3 Å². The van der Waals surface area contributed by atoms with Gasteiger partial charge in [-0.15, -0.1) is 0 Å². The molecular formula is C14H22N4O3S. The van der Waals surface area contributed by atoms with Crippen LogP contribution in [-0.4, -0.2) is 47.4 Å². The van der Waals surface area contributed by atoms with Crippen molar-refractivity contribution in [3.8, 4) is 0 Å². The Kier molecular flexibility index (Phi) is 4.42. The van der Waals surface area contributed by atoms with Gasteiger partial charge in [0.1, 0.15) is 5.69 Å². The number of sulfone groups is 1. The Morgan fingerprint density at radius 2 is 2.00 bits per heavy atom. The highest BCUT2D eigenvalue weighted by molar-refractivity contribution is 7.91. The summed E-state index contributed by atoms with van der Waals surface area (Å²) in [6.45, 7) is 7.44. The predicted octanol–water partition coefficient (Wildman–Crippen LogP) is 0.912. The van der Waals surface area contributed by atoms with E-state index in [2.05, 4.69) is 20.6 Å². The van der Waals surface area contributed by atoms with E-state index in [1.165, 1.54) is 0 Å². The first-order valence-electron chi connectivity index (χ1n) is 7.19. The largest absolute Gasteiger partial charge is 0.350 e. The third kappa shape index (κ3) is 4.66. The molecule has 7 nitrogen and oxygen atoms in total. The highest BCUT2D eigenvalue weighted by Crippen LogP contribution is 2.16. The maximum Gasteiger partial charge on any atom is 0.270 e. The summed E-state index contributed by atoms with van der Waals surface area (Å²) in [6, 6.07) is 1.41. The minimum absolute atomic E-state index is 0.0772. The summed E-state index contributed by atoms with van der Waals surface area (Å²) in [5.41, 5.74) is 0.562. The molecular weight excluding hydrogens is 304 g/mol. The Bertz CT molecular complexity index is 680. The number of aryl methyl sites for hydroxylation is 1. The molecule has 1 fully saturated rings. The first-order chi connectivity index (χ1) is 10.0. The highest BCUT2D eigenvalue weighted by Gasteiger charge is 2.28. The number of nitrogens with one attached hydrogen (secondary N) is 2. The molecule has 0 saturated carbocycles. The zero-order valence-electron chi connectivity index (χ0n) is 13.3. The van der Waals surface area contributed by atoms with E-state index in [1.54, 1.807) is 13.0 Å². The van der Waals surface area contributed by atoms with Crippen molar-refractivity contribution in [2.24, 2.45) is 0 Å². The van der Waals surface area contributed by atoms with Crippen LogP contribution in [0.2, 0.25) is 0 Å². The molecule has 0 radical (unpaired) electrons. The van der Waals surface area contributed by atoms with Crippen LogP contribution in [0.4, 0.5) is 5.95 Å². The van der Waals surface area contributed by atoms with E-state index < -0.39 is 9.84 Å². The molecule has 0 aromatic carbocycles. The average Bonchev–Trinajstić information content (AvgIpc) is 2.65. The van der Waals surface area contributed by atoms with Crippen molar-refractivity contribution in [1.82, 2.24) is 15.3 Å². The monoisotopic (exact) mass is 326 g/mol. The van der Waals surface area contributed by atoms with Gasteiger partial charge in [-0.05, 0) is 40.2 Å². The number of anilines is 1. The van der Waals surface area contributed by atoms with Crippen molar-refractivity contribution >= 4 is 21.7 Å². The minimum atomic E-state index is -2.97. The Balaban J connectivity index is 2.15. The SMILES string of the molecule is Cc1cc(C(=O)NC(C)(C)C)nc(NC2CCS(=O)(=O)C2)n1. The van der Waals surface area contributed by atoms with Crippen LogP contribution in [0.25, 0.3) is 0 Å². The third-order valence-electron chi connectivity index (χ3n) is 3.14. The van der Waals surface area contributed by atoms with Crippen molar-refractivity contribution in [3.05, 3.63) is 17.5 Å². The molecule has 1 aromatic heterocycles. The first-order valence-corrected chi connectivity index (χ1v) is 9.01. The summed E-state index contributed by atoms with van der Waals surface area (Å²) < 4.78 is 23.0. The number of rotatable bonds is 3. The molecule has 1 atom stereocenters. The van der Waals surface area contributed by atoms with Gasteiger partial charge >= 0.3 is 0 Å². The normalized spacial score (nSPS) is 20.6. The third-order valence-corrected chi connectivity index (χ3v) is 4.91. The van der Waals surface area contributed by atoms with Gasteiger partial charge < -0.3 is 10.6 Å². The second-order valence-corrected chi connectivity index (χ2v) is 8.90. The summed E-state index contributed by atoms with van der Waals surface area (Å²) in [4.78, 5) is 20.6. The summed E-state index contributed by atoms with van der Waals surface area (Å²) in [7, 11) is -2.97. The van der Waals surface area contributed by atoms with Crippen molar-refractivity contribution in [3.63, 3.8) is 0 Å².